The number of nitrogens with one attached hydrogen (secondary N) is 1. The Morgan fingerprint density at radius 2 is 2.50 bits per heavy atom. The molecule has 0 saturated carbocycles. The largest absolute Gasteiger partial charge is 0.479 e. The molecule has 2 rings (SSSR count). The Hall–Kier alpha value is -1.10. The molecule has 0 aliphatic carbocycles. The van der Waals surface area contributed by atoms with Crippen molar-refractivity contribution in [1.29, 1.82) is 0 Å². The molecule has 0 aromatic carbocycles. The summed E-state index contributed by atoms with van der Waals surface area (Å²) < 4.78 is 5.08. The molecule has 0 bridgehead atoms. The molecule has 1 aromatic rings. The highest BCUT2D eigenvalue weighted by Gasteiger charge is 2.15. The van der Waals surface area contributed by atoms with E-state index in [0.717, 1.165) is 12.4 Å². The number of nitrogens with zero attached hydrogens (tertiary/aromatic N) is 1. The first-order valence-electron chi connectivity index (χ1n) is 5.45. The van der Waals surface area contributed by atoms with Crippen molar-refractivity contribution in [2.75, 3.05) is 30.5 Å². The molecular formula is C11H17N3OS. The summed E-state index contributed by atoms with van der Waals surface area (Å²) in [5.74, 6) is 2.60. The van der Waals surface area contributed by atoms with E-state index in [2.05, 4.69) is 10.3 Å². The third kappa shape index (κ3) is 2.72. The lowest BCUT2D eigenvalue weighted by Crippen LogP contribution is -2.14. The van der Waals surface area contributed by atoms with E-state index in [0.29, 0.717) is 16.8 Å². The molecule has 1 saturated heterocycles. The van der Waals surface area contributed by atoms with Gasteiger partial charge in [0.25, 0.3) is 0 Å². The van der Waals surface area contributed by atoms with Crippen LogP contribution in [-0.2, 0) is 0 Å². The Labute approximate surface area is 100.0 Å². The van der Waals surface area contributed by atoms with Crippen LogP contribution in [0, 0.1) is 0 Å². The minimum absolute atomic E-state index is 0.490. The summed E-state index contributed by atoms with van der Waals surface area (Å²) in [6, 6.07) is 3.70. The second-order valence-electron chi connectivity index (χ2n) is 3.81. The van der Waals surface area contributed by atoms with Gasteiger partial charge in [0, 0.05) is 11.8 Å². The van der Waals surface area contributed by atoms with E-state index in [9.17, 15) is 0 Å². The van der Waals surface area contributed by atoms with Crippen LogP contribution in [0.3, 0.4) is 0 Å². The second-order valence-corrected chi connectivity index (χ2v) is 5.22. The van der Waals surface area contributed by atoms with E-state index >= 15 is 0 Å². The Morgan fingerprint density at radius 3 is 3.19 bits per heavy atom. The van der Waals surface area contributed by atoms with Gasteiger partial charge in [0.2, 0.25) is 5.88 Å². The van der Waals surface area contributed by atoms with Crippen LogP contribution in [0.4, 0.5) is 11.5 Å². The molecule has 5 heteroatoms. The Balaban J connectivity index is 1.93. The maximum Gasteiger partial charge on any atom is 0.238 e. The van der Waals surface area contributed by atoms with E-state index in [1.807, 2.05) is 23.9 Å². The Bertz CT molecular complexity index is 353. The van der Waals surface area contributed by atoms with E-state index in [1.165, 1.54) is 18.6 Å². The lowest BCUT2D eigenvalue weighted by Gasteiger charge is -2.11. The molecule has 1 aliphatic heterocycles. The normalized spacial score (nSPS) is 19.7. The van der Waals surface area contributed by atoms with Crippen molar-refractivity contribution < 1.29 is 4.74 Å². The van der Waals surface area contributed by atoms with E-state index in [-0.39, 0.29) is 0 Å². The summed E-state index contributed by atoms with van der Waals surface area (Å²) in [7, 11) is 1.58. The zero-order valence-corrected chi connectivity index (χ0v) is 10.2. The summed E-state index contributed by atoms with van der Waals surface area (Å²) >= 11 is 2.03. The molecule has 2 heterocycles. The molecule has 0 amide bonds. The molecule has 0 radical (unpaired) electrons. The van der Waals surface area contributed by atoms with Gasteiger partial charge in [-0.15, -0.1) is 0 Å². The van der Waals surface area contributed by atoms with Gasteiger partial charge in [0.15, 0.2) is 0 Å². The maximum atomic E-state index is 5.70. The van der Waals surface area contributed by atoms with Crippen LogP contribution in [0.1, 0.15) is 12.8 Å². The number of nitrogen functional groups attached to an aromatic ring is 1. The summed E-state index contributed by atoms with van der Waals surface area (Å²) in [6.07, 6.45) is 2.62. The monoisotopic (exact) mass is 239 g/mol. The summed E-state index contributed by atoms with van der Waals surface area (Å²) in [6.45, 7) is 0.963. The number of aromatic nitrogens is 1. The van der Waals surface area contributed by atoms with Gasteiger partial charge in [-0.1, -0.05) is 0 Å². The highest BCUT2D eigenvalue weighted by molar-refractivity contribution is 8.00. The van der Waals surface area contributed by atoms with Crippen LogP contribution >= 0.6 is 11.8 Å². The molecule has 4 nitrogen and oxygen atoms in total. The van der Waals surface area contributed by atoms with Gasteiger partial charge in [0.05, 0.1) is 12.8 Å². The van der Waals surface area contributed by atoms with Crippen LogP contribution in [0.25, 0.3) is 0 Å². The fraction of sp³-hybridized carbons (Fsp3) is 0.545. The fourth-order valence-corrected chi connectivity index (χ4v) is 2.94. The molecule has 1 atom stereocenters. The van der Waals surface area contributed by atoms with Crippen molar-refractivity contribution >= 4 is 23.3 Å². The summed E-state index contributed by atoms with van der Waals surface area (Å²) in [5.41, 5.74) is 6.27. The molecule has 1 aliphatic rings. The number of anilines is 2. The molecule has 0 spiro atoms. The minimum atomic E-state index is 0.490. The van der Waals surface area contributed by atoms with Gasteiger partial charge in [0.1, 0.15) is 5.82 Å². The average Bonchev–Trinajstić information content (AvgIpc) is 2.81. The van der Waals surface area contributed by atoms with Crippen molar-refractivity contribution in [2.24, 2.45) is 0 Å². The number of pyridine rings is 1. The number of hydrogen-bond acceptors (Lipinski definition) is 5. The van der Waals surface area contributed by atoms with Crippen LogP contribution in [0.2, 0.25) is 0 Å². The maximum absolute atomic E-state index is 5.70. The van der Waals surface area contributed by atoms with Crippen LogP contribution in [0.15, 0.2) is 12.1 Å². The molecular weight excluding hydrogens is 222 g/mol. The smallest absolute Gasteiger partial charge is 0.238 e. The molecule has 1 unspecified atom stereocenters. The van der Waals surface area contributed by atoms with Crippen molar-refractivity contribution in [3.8, 4) is 5.88 Å². The highest BCUT2D eigenvalue weighted by Crippen LogP contribution is 2.26. The van der Waals surface area contributed by atoms with Crippen molar-refractivity contribution in [1.82, 2.24) is 4.98 Å². The molecule has 88 valence electrons. The first-order chi connectivity index (χ1) is 7.79. The standard InChI is InChI=1S/C11H17N3OS/c1-15-11-9(12)4-5-10(14-11)13-7-8-3-2-6-16-8/h4-5,8H,2-3,6-7,12H2,1H3,(H,13,14). The van der Waals surface area contributed by atoms with E-state index in [1.54, 1.807) is 7.11 Å². The zero-order chi connectivity index (χ0) is 11.4. The van der Waals surface area contributed by atoms with Crippen LogP contribution < -0.4 is 15.8 Å². The number of ether oxygens (including phenoxy) is 1. The van der Waals surface area contributed by atoms with Gasteiger partial charge in [-0.05, 0) is 30.7 Å². The highest BCUT2D eigenvalue weighted by atomic mass is 32.2. The molecule has 3 N–H and O–H groups in total. The molecule has 1 fully saturated rings. The minimum Gasteiger partial charge on any atom is -0.479 e. The first-order valence-corrected chi connectivity index (χ1v) is 6.50. The average molecular weight is 239 g/mol. The van der Waals surface area contributed by atoms with Crippen LogP contribution in [0.5, 0.6) is 5.88 Å². The van der Waals surface area contributed by atoms with Crippen molar-refractivity contribution in [3.05, 3.63) is 12.1 Å². The number of hydrogen-bond donors (Lipinski definition) is 2. The number of rotatable bonds is 4. The topological polar surface area (TPSA) is 60.2 Å². The molecule has 16 heavy (non-hydrogen) atoms. The van der Waals surface area contributed by atoms with Gasteiger partial charge in [-0.3, -0.25) is 0 Å². The third-order valence-electron chi connectivity index (χ3n) is 2.62. The number of thioether (sulfide) groups is 1. The van der Waals surface area contributed by atoms with Crippen molar-refractivity contribution in [3.63, 3.8) is 0 Å². The van der Waals surface area contributed by atoms with Crippen molar-refractivity contribution in [2.45, 2.75) is 18.1 Å². The van der Waals surface area contributed by atoms with Gasteiger partial charge in [-0.25, -0.2) is 0 Å². The Morgan fingerprint density at radius 1 is 1.62 bits per heavy atom. The number of nitrogens with two attached hydrogens (primary N) is 1. The second kappa shape index (κ2) is 5.30. The predicted octanol–water partition coefficient (Wildman–Crippen LogP) is 1.98. The Kier molecular flexibility index (Phi) is 3.77. The van der Waals surface area contributed by atoms with E-state index < -0.39 is 0 Å². The predicted molar refractivity (Wildman–Crippen MR) is 69.2 cm³/mol. The van der Waals surface area contributed by atoms with E-state index in [4.69, 9.17) is 10.5 Å². The summed E-state index contributed by atoms with van der Waals surface area (Å²) in [5, 5.41) is 4.03. The molecule has 1 aromatic heterocycles. The SMILES string of the molecule is COc1nc(NCC2CCCS2)ccc1N. The lowest BCUT2D eigenvalue weighted by molar-refractivity contribution is 0.401. The van der Waals surface area contributed by atoms with Gasteiger partial charge < -0.3 is 15.8 Å². The zero-order valence-electron chi connectivity index (χ0n) is 9.40. The fourth-order valence-electron chi connectivity index (χ4n) is 1.74. The summed E-state index contributed by atoms with van der Waals surface area (Å²) in [4.78, 5) is 4.28. The first kappa shape index (κ1) is 11.4. The van der Waals surface area contributed by atoms with Gasteiger partial charge >= 0.3 is 0 Å². The third-order valence-corrected chi connectivity index (χ3v) is 4.02. The lowest BCUT2D eigenvalue weighted by atomic mass is 10.2. The van der Waals surface area contributed by atoms with Gasteiger partial charge in [-0.2, -0.15) is 16.7 Å². The quantitative estimate of drug-likeness (QED) is 0.841. The van der Waals surface area contributed by atoms with Crippen LogP contribution in [-0.4, -0.2) is 29.6 Å². The number of methoxy groups -OCH3 is 1.